The third kappa shape index (κ3) is 4.43. The van der Waals surface area contributed by atoms with Crippen LogP contribution in [0.4, 0.5) is 0 Å². The molecule has 1 aliphatic rings. The first kappa shape index (κ1) is 26.6. The summed E-state index contributed by atoms with van der Waals surface area (Å²) in [6.45, 7) is 2.16. The topological polar surface area (TPSA) is 65.0 Å². The van der Waals surface area contributed by atoms with Crippen molar-refractivity contribution in [2.24, 2.45) is 0 Å². The molecule has 220 valence electrons. The lowest BCUT2D eigenvalue weighted by Gasteiger charge is -2.13. The van der Waals surface area contributed by atoms with Gasteiger partial charge in [-0.3, -0.25) is 0 Å². The Morgan fingerprint density at radius 3 is 2.35 bits per heavy atom. The van der Waals surface area contributed by atoms with Gasteiger partial charge in [0.05, 0.1) is 5.56 Å². The smallest absolute Gasteiger partial charge is 0.167 e. The Hall–Kier alpha value is -5.81. The highest BCUT2D eigenvalue weighted by molar-refractivity contribution is 6.09. The standard InChI is InChI=1S/C41H29N3O2/c1-25-22-37-34(30-17-8-9-20-35(30)45-37)24-33(25)28-15-6-5-14-27(28)23-38-42-40(26-12-3-2-4-13-26)44-41(43-38)32-19-11-18-31-29-16-7-10-21-36(29)46-39(31)32/h2-8,10-19,21-22,24H,9,20,23H2,1H3. The summed E-state index contributed by atoms with van der Waals surface area (Å²) in [4.78, 5) is 15.1. The van der Waals surface area contributed by atoms with Gasteiger partial charge in [-0.2, -0.15) is 0 Å². The fraction of sp³-hybridized carbons (Fsp3) is 0.0976. The zero-order valence-corrected chi connectivity index (χ0v) is 25.3. The van der Waals surface area contributed by atoms with Crippen molar-refractivity contribution < 1.29 is 8.83 Å². The van der Waals surface area contributed by atoms with Gasteiger partial charge in [0.25, 0.3) is 0 Å². The molecule has 5 nitrogen and oxygen atoms in total. The first-order chi connectivity index (χ1) is 22.7. The van der Waals surface area contributed by atoms with E-state index < -0.39 is 0 Å². The number of aryl methyl sites for hydroxylation is 2. The van der Waals surface area contributed by atoms with Crippen LogP contribution in [0.2, 0.25) is 0 Å². The monoisotopic (exact) mass is 595 g/mol. The zero-order valence-electron chi connectivity index (χ0n) is 25.3. The third-order valence-electron chi connectivity index (χ3n) is 8.99. The highest BCUT2D eigenvalue weighted by Crippen LogP contribution is 2.38. The van der Waals surface area contributed by atoms with Crippen LogP contribution in [0, 0.1) is 6.92 Å². The Morgan fingerprint density at radius 2 is 1.41 bits per heavy atom. The average molecular weight is 596 g/mol. The maximum Gasteiger partial charge on any atom is 0.167 e. The van der Waals surface area contributed by atoms with E-state index in [-0.39, 0.29) is 0 Å². The van der Waals surface area contributed by atoms with Crippen molar-refractivity contribution in [2.75, 3.05) is 0 Å². The number of hydrogen-bond acceptors (Lipinski definition) is 5. The van der Waals surface area contributed by atoms with Crippen LogP contribution in [0.1, 0.15) is 34.7 Å². The summed E-state index contributed by atoms with van der Waals surface area (Å²) in [5.74, 6) is 3.01. The number of fused-ring (bicyclic) bond motifs is 6. The van der Waals surface area contributed by atoms with Crippen molar-refractivity contribution in [3.05, 3.63) is 144 Å². The molecule has 0 fully saturated rings. The third-order valence-corrected chi connectivity index (χ3v) is 8.99. The van der Waals surface area contributed by atoms with Gasteiger partial charge in [0.1, 0.15) is 28.3 Å². The number of hydrogen-bond donors (Lipinski definition) is 0. The fourth-order valence-corrected chi connectivity index (χ4v) is 6.75. The average Bonchev–Trinajstić information content (AvgIpc) is 3.66. The fourth-order valence-electron chi connectivity index (χ4n) is 6.75. The van der Waals surface area contributed by atoms with E-state index in [1.807, 2.05) is 60.7 Å². The Morgan fingerprint density at radius 1 is 0.630 bits per heavy atom. The highest BCUT2D eigenvalue weighted by atomic mass is 16.3. The molecule has 0 aliphatic heterocycles. The molecule has 5 heteroatoms. The number of aromatic nitrogens is 3. The number of para-hydroxylation sites is 2. The number of benzene rings is 5. The van der Waals surface area contributed by atoms with Gasteiger partial charge in [-0.05, 0) is 59.9 Å². The van der Waals surface area contributed by atoms with E-state index in [0.717, 1.165) is 68.2 Å². The molecule has 0 unspecified atom stereocenters. The van der Waals surface area contributed by atoms with Crippen molar-refractivity contribution in [2.45, 2.75) is 26.2 Å². The maximum absolute atomic E-state index is 6.39. The maximum atomic E-state index is 6.39. The second kappa shape index (κ2) is 10.7. The molecule has 1 aliphatic carbocycles. The van der Waals surface area contributed by atoms with Crippen molar-refractivity contribution in [1.29, 1.82) is 0 Å². The second-order valence-electron chi connectivity index (χ2n) is 11.9. The summed E-state index contributed by atoms with van der Waals surface area (Å²) >= 11 is 0. The Bertz CT molecular complexity index is 2470. The van der Waals surface area contributed by atoms with Crippen LogP contribution in [0.15, 0.2) is 124 Å². The molecule has 3 heterocycles. The minimum Gasteiger partial charge on any atom is -0.460 e. The van der Waals surface area contributed by atoms with E-state index in [4.69, 9.17) is 23.8 Å². The molecule has 0 amide bonds. The molecule has 0 atom stereocenters. The summed E-state index contributed by atoms with van der Waals surface area (Å²) in [6.07, 6.45) is 6.95. The van der Waals surface area contributed by atoms with Gasteiger partial charge in [0.15, 0.2) is 11.6 Å². The number of furan rings is 2. The highest BCUT2D eigenvalue weighted by Gasteiger charge is 2.20. The summed E-state index contributed by atoms with van der Waals surface area (Å²) in [7, 11) is 0. The SMILES string of the molecule is Cc1cc2oc3c(c2cc1-c1ccccc1Cc1nc(-c2ccccc2)nc(-c2cccc4c2oc2ccccc24)n1)C=CCC3. The molecule has 0 radical (unpaired) electrons. The Labute approximate surface area is 265 Å². The molecule has 0 saturated heterocycles. The van der Waals surface area contributed by atoms with E-state index >= 15 is 0 Å². The predicted molar refractivity (Wildman–Crippen MR) is 185 cm³/mol. The van der Waals surface area contributed by atoms with Crippen LogP contribution in [0.3, 0.4) is 0 Å². The summed E-state index contributed by atoms with van der Waals surface area (Å²) in [5.41, 5.74) is 10.2. The molecule has 9 rings (SSSR count). The molecule has 0 bridgehead atoms. The van der Waals surface area contributed by atoms with E-state index in [1.165, 1.54) is 22.3 Å². The van der Waals surface area contributed by atoms with E-state index in [2.05, 4.69) is 67.6 Å². The first-order valence-corrected chi connectivity index (χ1v) is 15.7. The van der Waals surface area contributed by atoms with Crippen LogP contribution in [0.25, 0.3) is 72.9 Å². The second-order valence-corrected chi connectivity index (χ2v) is 11.9. The Kier molecular flexibility index (Phi) is 6.17. The largest absolute Gasteiger partial charge is 0.460 e. The van der Waals surface area contributed by atoms with Gasteiger partial charge in [0.2, 0.25) is 0 Å². The van der Waals surface area contributed by atoms with E-state index in [0.29, 0.717) is 23.9 Å². The van der Waals surface area contributed by atoms with Crippen molar-refractivity contribution in [3.8, 4) is 33.9 Å². The molecular weight excluding hydrogens is 566 g/mol. The normalized spacial score (nSPS) is 12.7. The van der Waals surface area contributed by atoms with Crippen LogP contribution in [-0.4, -0.2) is 15.0 Å². The molecule has 0 spiro atoms. The lowest BCUT2D eigenvalue weighted by molar-refractivity contribution is 0.546. The zero-order chi connectivity index (χ0) is 30.6. The first-order valence-electron chi connectivity index (χ1n) is 15.7. The molecule has 3 aromatic heterocycles. The van der Waals surface area contributed by atoms with E-state index in [9.17, 15) is 0 Å². The molecule has 0 saturated carbocycles. The van der Waals surface area contributed by atoms with Gasteiger partial charge in [-0.25, -0.2) is 15.0 Å². The number of allylic oxidation sites excluding steroid dienone is 1. The molecule has 5 aromatic carbocycles. The van der Waals surface area contributed by atoms with Crippen LogP contribution >= 0.6 is 0 Å². The quantitative estimate of drug-likeness (QED) is 0.198. The molecular formula is C41H29N3O2. The van der Waals surface area contributed by atoms with Gasteiger partial charge < -0.3 is 8.83 Å². The summed E-state index contributed by atoms with van der Waals surface area (Å²) in [6, 6.07) is 37.4. The van der Waals surface area contributed by atoms with Gasteiger partial charge in [-0.15, -0.1) is 0 Å². The van der Waals surface area contributed by atoms with Gasteiger partial charge in [0, 0.05) is 40.1 Å². The van der Waals surface area contributed by atoms with Crippen LogP contribution in [0.5, 0.6) is 0 Å². The lowest BCUT2D eigenvalue weighted by atomic mass is 9.92. The molecule has 46 heavy (non-hydrogen) atoms. The van der Waals surface area contributed by atoms with Crippen LogP contribution < -0.4 is 0 Å². The number of nitrogens with zero attached hydrogens (tertiary/aromatic N) is 3. The van der Waals surface area contributed by atoms with Crippen molar-refractivity contribution >= 4 is 39.0 Å². The predicted octanol–water partition coefficient (Wildman–Crippen LogP) is 10.4. The summed E-state index contributed by atoms with van der Waals surface area (Å²) in [5, 5.41) is 3.28. The lowest BCUT2D eigenvalue weighted by Crippen LogP contribution is -2.05. The van der Waals surface area contributed by atoms with E-state index in [1.54, 1.807) is 0 Å². The Balaban J connectivity index is 1.19. The minimum absolute atomic E-state index is 0.544. The molecule has 8 aromatic rings. The summed E-state index contributed by atoms with van der Waals surface area (Å²) < 4.78 is 12.6. The van der Waals surface area contributed by atoms with Crippen molar-refractivity contribution in [1.82, 2.24) is 15.0 Å². The number of rotatable bonds is 5. The van der Waals surface area contributed by atoms with Gasteiger partial charge >= 0.3 is 0 Å². The minimum atomic E-state index is 0.544. The van der Waals surface area contributed by atoms with Gasteiger partial charge in [-0.1, -0.05) is 97.1 Å². The molecule has 0 N–H and O–H groups in total. The van der Waals surface area contributed by atoms with Crippen LogP contribution in [-0.2, 0) is 12.8 Å². The van der Waals surface area contributed by atoms with Crippen molar-refractivity contribution in [3.63, 3.8) is 0 Å².